The van der Waals surface area contributed by atoms with Crippen molar-refractivity contribution >= 4 is 11.6 Å². The van der Waals surface area contributed by atoms with E-state index in [0.29, 0.717) is 5.56 Å². The first kappa shape index (κ1) is 10.1. The minimum Gasteiger partial charge on any atom is -0.504 e. The highest BCUT2D eigenvalue weighted by atomic mass is 35.5. The van der Waals surface area contributed by atoms with Crippen LogP contribution in [0.25, 0.3) is 0 Å². The molecule has 1 aromatic carbocycles. The highest BCUT2D eigenvalue weighted by Gasteiger charge is 2.14. The first-order valence-electron chi connectivity index (χ1n) is 3.75. The van der Waals surface area contributed by atoms with Crippen molar-refractivity contribution in [1.29, 1.82) is 0 Å². The van der Waals surface area contributed by atoms with Crippen molar-refractivity contribution in [2.24, 2.45) is 0 Å². The third kappa shape index (κ3) is 2.03. The molecule has 0 saturated carbocycles. The molecule has 6 N–H and O–H groups in total. The summed E-state index contributed by atoms with van der Waals surface area (Å²) >= 11 is 5.72. The SMILES string of the molecule is [NH3+]CC(O)c1cc(O)c(O)cc1Cl. The normalized spacial score (nSPS) is 12.8. The summed E-state index contributed by atoms with van der Waals surface area (Å²) in [4.78, 5) is 0. The molecule has 0 spiro atoms. The van der Waals surface area contributed by atoms with Gasteiger partial charge >= 0.3 is 0 Å². The Balaban J connectivity index is 3.15. The third-order valence-electron chi connectivity index (χ3n) is 1.73. The molecule has 72 valence electrons. The van der Waals surface area contributed by atoms with E-state index < -0.39 is 6.10 Å². The molecule has 1 aromatic rings. The lowest BCUT2D eigenvalue weighted by Gasteiger charge is -2.09. The van der Waals surface area contributed by atoms with Crippen LogP contribution in [0.1, 0.15) is 11.7 Å². The van der Waals surface area contributed by atoms with Gasteiger partial charge in [-0.2, -0.15) is 0 Å². The second-order valence-corrected chi connectivity index (χ2v) is 3.07. The largest absolute Gasteiger partial charge is 0.504 e. The summed E-state index contributed by atoms with van der Waals surface area (Å²) in [5.74, 6) is -0.600. The predicted molar refractivity (Wildman–Crippen MR) is 47.5 cm³/mol. The highest BCUT2D eigenvalue weighted by molar-refractivity contribution is 6.31. The van der Waals surface area contributed by atoms with Crippen molar-refractivity contribution in [1.82, 2.24) is 0 Å². The second kappa shape index (κ2) is 3.83. The van der Waals surface area contributed by atoms with Gasteiger partial charge in [-0.3, -0.25) is 0 Å². The summed E-state index contributed by atoms with van der Waals surface area (Å²) in [6.45, 7) is 0.254. The Morgan fingerprint density at radius 3 is 2.38 bits per heavy atom. The first-order valence-corrected chi connectivity index (χ1v) is 4.12. The van der Waals surface area contributed by atoms with E-state index in [2.05, 4.69) is 5.73 Å². The number of phenols is 2. The van der Waals surface area contributed by atoms with E-state index in [1.807, 2.05) is 0 Å². The molecular formula is C8H11ClNO3+. The number of halogens is 1. The van der Waals surface area contributed by atoms with Gasteiger partial charge < -0.3 is 21.1 Å². The number of aromatic hydroxyl groups is 2. The lowest BCUT2D eigenvalue weighted by atomic mass is 10.1. The molecule has 0 saturated heterocycles. The van der Waals surface area contributed by atoms with E-state index in [0.717, 1.165) is 0 Å². The zero-order chi connectivity index (χ0) is 10.0. The van der Waals surface area contributed by atoms with Crippen LogP contribution in [0.3, 0.4) is 0 Å². The average molecular weight is 205 g/mol. The van der Waals surface area contributed by atoms with Gasteiger partial charge in [0.15, 0.2) is 11.5 Å². The molecule has 0 amide bonds. The summed E-state index contributed by atoms with van der Waals surface area (Å²) in [5, 5.41) is 27.8. The molecule has 1 atom stereocenters. The summed E-state index contributed by atoms with van der Waals surface area (Å²) in [7, 11) is 0. The predicted octanol–water partition coefficient (Wildman–Crippen LogP) is 0.0265. The lowest BCUT2D eigenvalue weighted by Crippen LogP contribution is -2.52. The van der Waals surface area contributed by atoms with Gasteiger partial charge in [-0.15, -0.1) is 0 Å². The zero-order valence-electron chi connectivity index (χ0n) is 6.87. The molecule has 5 heteroatoms. The van der Waals surface area contributed by atoms with Crippen molar-refractivity contribution in [2.45, 2.75) is 6.10 Å². The van der Waals surface area contributed by atoms with Gasteiger partial charge in [0, 0.05) is 11.6 Å². The fourth-order valence-electron chi connectivity index (χ4n) is 0.978. The number of hydrogen-bond donors (Lipinski definition) is 4. The van der Waals surface area contributed by atoms with E-state index >= 15 is 0 Å². The summed E-state index contributed by atoms with van der Waals surface area (Å²) in [5.41, 5.74) is 3.87. The van der Waals surface area contributed by atoms with Crippen LogP contribution in [0, 0.1) is 0 Å². The number of aliphatic hydroxyl groups is 1. The van der Waals surface area contributed by atoms with Gasteiger partial charge in [-0.05, 0) is 6.07 Å². The molecule has 0 aliphatic rings. The number of hydrogen-bond acceptors (Lipinski definition) is 3. The smallest absolute Gasteiger partial charge is 0.158 e. The van der Waals surface area contributed by atoms with Crippen LogP contribution in [0.5, 0.6) is 11.5 Å². The summed E-state index contributed by atoms with van der Waals surface area (Å²) < 4.78 is 0. The van der Waals surface area contributed by atoms with Crippen molar-refractivity contribution in [3.63, 3.8) is 0 Å². The molecule has 0 aliphatic heterocycles. The van der Waals surface area contributed by atoms with E-state index in [1.54, 1.807) is 0 Å². The molecule has 0 aliphatic carbocycles. The van der Waals surface area contributed by atoms with Crippen molar-refractivity contribution in [3.05, 3.63) is 22.7 Å². The molecule has 1 rings (SSSR count). The molecule has 1 unspecified atom stereocenters. The number of rotatable bonds is 2. The zero-order valence-corrected chi connectivity index (χ0v) is 7.62. The summed E-state index contributed by atoms with van der Waals surface area (Å²) in [6.07, 6.45) is -0.820. The van der Waals surface area contributed by atoms with Crippen LogP contribution < -0.4 is 5.73 Å². The van der Waals surface area contributed by atoms with Crippen LogP contribution >= 0.6 is 11.6 Å². The van der Waals surface area contributed by atoms with Gasteiger partial charge in [0.25, 0.3) is 0 Å². The fraction of sp³-hybridized carbons (Fsp3) is 0.250. The number of benzene rings is 1. The van der Waals surface area contributed by atoms with E-state index in [-0.39, 0.29) is 23.1 Å². The van der Waals surface area contributed by atoms with Crippen LogP contribution in [0.4, 0.5) is 0 Å². The van der Waals surface area contributed by atoms with Crippen molar-refractivity contribution in [2.75, 3.05) is 6.54 Å². The van der Waals surface area contributed by atoms with Gasteiger partial charge in [0.2, 0.25) is 0 Å². The number of aliphatic hydroxyl groups excluding tert-OH is 1. The van der Waals surface area contributed by atoms with Gasteiger partial charge in [0.05, 0.1) is 5.02 Å². The van der Waals surface area contributed by atoms with Crippen LogP contribution in [-0.2, 0) is 0 Å². The van der Waals surface area contributed by atoms with E-state index in [4.69, 9.17) is 21.8 Å². The maximum Gasteiger partial charge on any atom is 0.158 e. The maximum absolute atomic E-state index is 9.39. The maximum atomic E-state index is 9.39. The fourth-order valence-corrected chi connectivity index (χ4v) is 1.26. The van der Waals surface area contributed by atoms with Crippen molar-refractivity contribution in [3.8, 4) is 11.5 Å². The Morgan fingerprint density at radius 1 is 1.31 bits per heavy atom. The number of phenolic OH excluding ortho intramolecular Hbond substituents is 2. The molecule has 0 bridgehead atoms. The highest BCUT2D eigenvalue weighted by Crippen LogP contribution is 2.33. The first-order chi connectivity index (χ1) is 6.06. The Labute approximate surface area is 80.2 Å². The Kier molecular flexibility index (Phi) is 2.98. The van der Waals surface area contributed by atoms with Gasteiger partial charge in [-0.25, -0.2) is 0 Å². The van der Waals surface area contributed by atoms with E-state index in [1.165, 1.54) is 12.1 Å². The quantitative estimate of drug-likeness (QED) is 0.513. The van der Waals surface area contributed by atoms with Crippen LogP contribution in [0.2, 0.25) is 5.02 Å². The molecule has 0 radical (unpaired) electrons. The molecule has 13 heavy (non-hydrogen) atoms. The second-order valence-electron chi connectivity index (χ2n) is 2.67. The molecule has 0 heterocycles. The van der Waals surface area contributed by atoms with Gasteiger partial charge in [-0.1, -0.05) is 11.6 Å². The monoisotopic (exact) mass is 204 g/mol. The lowest BCUT2D eigenvalue weighted by molar-refractivity contribution is -0.385. The Hall–Kier alpha value is -0.970. The standard InChI is InChI=1S/C8H10ClNO3/c9-5-2-7(12)6(11)1-4(5)8(13)3-10/h1-2,8,11-13H,3,10H2/p+1. The minimum absolute atomic E-state index is 0.214. The van der Waals surface area contributed by atoms with Crippen molar-refractivity contribution < 1.29 is 21.1 Å². The third-order valence-corrected chi connectivity index (χ3v) is 2.05. The van der Waals surface area contributed by atoms with Gasteiger partial charge in [0.1, 0.15) is 12.6 Å². The molecular weight excluding hydrogens is 194 g/mol. The summed E-state index contributed by atoms with van der Waals surface area (Å²) in [6, 6.07) is 2.42. The molecule has 4 nitrogen and oxygen atoms in total. The Morgan fingerprint density at radius 2 is 1.85 bits per heavy atom. The van der Waals surface area contributed by atoms with Crippen LogP contribution in [0.15, 0.2) is 12.1 Å². The molecule has 0 fully saturated rings. The molecule has 0 aromatic heterocycles. The van der Waals surface area contributed by atoms with Crippen LogP contribution in [-0.4, -0.2) is 21.9 Å². The average Bonchev–Trinajstić information content (AvgIpc) is 2.10. The van der Waals surface area contributed by atoms with E-state index in [9.17, 15) is 5.11 Å². The minimum atomic E-state index is -0.820. The Bertz CT molecular complexity index is 317. The topological polar surface area (TPSA) is 88.3 Å². The number of quaternary nitrogens is 1.